The zero-order chi connectivity index (χ0) is 18.2. The Labute approximate surface area is 152 Å². The number of carbonyl (C=O) groups is 2. The summed E-state index contributed by atoms with van der Waals surface area (Å²) in [5.41, 5.74) is 0.172. The lowest BCUT2D eigenvalue weighted by molar-refractivity contribution is -0.199. The van der Waals surface area contributed by atoms with Crippen molar-refractivity contribution in [3.63, 3.8) is 0 Å². The summed E-state index contributed by atoms with van der Waals surface area (Å²) in [5.74, 6) is 1.55. The first-order valence-electron chi connectivity index (χ1n) is 10.4. The minimum absolute atomic E-state index is 0.0473. The summed E-state index contributed by atoms with van der Waals surface area (Å²) in [6.07, 6.45) is 7.84. The van der Waals surface area contributed by atoms with Gasteiger partial charge in [-0.15, -0.1) is 0 Å². The van der Waals surface area contributed by atoms with Crippen molar-refractivity contribution in [3.05, 3.63) is 0 Å². The number of hydrogen-bond acceptors (Lipinski definition) is 3. The highest BCUT2D eigenvalue weighted by molar-refractivity contribution is 5.92. The van der Waals surface area contributed by atoms with Crippen molar-refractivity contribution in [2.75, 3.05) is 0 Å². The number of ether oxygens (including phenoxy) is 1. The first-order chi connectivity index (χ1) is 11.6. The molecular weight excluding hydrogens is 312 g/mol. The van der Waals surface area contributed by atoms with Gasteiger partial charge in [0.2, 0.25) is 0 Å². The molecule has 3 nitrogen and oxygen atoms in total. The van der Waals surface area contributed by atoms with E-state index in [4.69, 9.17) is 4.74 Å². The zero-order valence-corrected chi connectivity index (χ0v) is 16.6. The topological polar surface area (TPSA) is 43.4 Å². The number of carbonyl (C=O) groups excluding carboxylic acids is 2. The SMILES string of the molecule is CC(=O)O[C@H]1[C@H]2CC[C@H]3[C@]4(C)CCCC(C)(C)[C@H]4CC[C@@]13C(=O)[C@@H]2C. The third-order valence-electron chi connectivity index (χ3n) is 9.03. The molecule has 0 N–H and O–H groups in total. The van der Waals surface area contributed by atoms with E-state index < -0.39 is 5.41 Å². The van der Waals surface area contributed by atoms with Crippen molar-refractivity contribution in [2.45, 2.75) is 85.7 Å². The van der Waals surface area contributed by atoms with Crippen molar-refractivity contribution in [3.8, 4) is 0 Å². The number of ketones is 1. The lowest BCUT2D eigenvalue weighted by Gasteiger charge is -2.64. The molecule has 0 aromatic carbocycles. The molecule has 4 fully saturated rings. The molecule has 4 rings (SSSR count). The Hall–Kier alpha value is -0.860. The predicted molar refractivity (Wildman–Crippen MR) is 96.8 cm³/mol. The van der Waals surface area contributed by atoms with Gasteiger partial charge in [-0.3, -0.25) is 9.59 Å². The molecule has 0 aromatic heterocycles. The highest BCUT2D eigenvalue weighted by atomic mass is 16.5. The standard InChI is InChI=1S/C22H34O3/c1-13-15-7-8-17-21(5)11-6-10-20(3,4)16(21)9-12-22(17,18(13)24)19(15)25-14(2)23/h13,15-17,19H,6-12H2,1-5H3/t13-,15+,16-,17+,19+,21-,22-/m1/s1. The lowest BCUT2D eigenvalue weighted by Crippen LogP contribution is -2.62. The molecule has 2 bridgehead atoms. The maximum absolute atomic E-state index is 13.5. The molecule has 4 aliphatic rings. The van der Waals surface area contributed by atoms with E-state index in [0.29, 0.717) is 23.0 Å². The fraction of sp³-hybridized carbons (Fsp3) is 0.909. The Morgan fingerprint density at radius 2 is 1.76 bits per heavy atom. The third-order valence-corrected chi connectivity index (χ3v) is 9.03. The predicted octanol–water partition coefficient (Wildman–Crippen LogP) is 4.78. The molecular formula is C22H34O3. The van der Waals surface area contributed by atoms with E-state index >= 15 is 0 Å². The molecule has 7 atom stereocenters. The molecule has 4 saturated carbocycles. The second-order valence-corrected chi connectivity index (χ2v) is 10.5. The largest absolute Gasteiger partial charge is 0.461 e. The normalized spacial score (nSPS) is 50.8. The highest BCUT2D eigenvalue weighted by Crippen LogP contribution is 2.71. The molecule has 3 heteroatoms. The van der Waals surface area contributed by atoms with Crippen LogP contribution in [0.1, 0.15) is 79.6 Å². The van der Waals surface area contributed by atoms with E-state index in [1.165, 1.54) is 26.2 Å². The van der Waals surface area contributed by atoms with Gasteiger partial charge in [-0.1, -0.05) is 34.1 Å². The van der Waals surface area contributed by atoms with Crippen molar-refractivity contribution in [2.24, 2.45) is 39.9 Å². The van der Waals surface area contributed by atoms with E-state index in [0.717, 1.165) is 25.7 Å². The van der Waals surface area contributed by atoms with E-state index in [1.54, 1.807) is 0 Å². The van der Waals surface area contributed by atoms with Crippen LogP contribution in [0.2, 0.25) is 0 Å². The Kier molecular flexibility index (Phi) is 3.74. The summed E-state index contributed by atoms with van der Waals surface area (Å²) in [6, 6.07) is 0. The van der Waals surface area contributed by atoms with Crippen LogP contribution >= 0.6 is 0 Å². The van der Waals surface area contributed by atoms with Crippen LogP contribution in [0.4, 0.5) is 0 Å². The number of Topliss-reactive ketones (excluding diaryl/α,β-unsaturated/α-hetero) is 1. The first kappa shape index (κ1) is 17.5. The van der Waals surface area contributed by atoms with Gasteiger partial charge < -0.3 is 4.74 Å². The first-order valence-corrected chi connectivity index (χ1v) is 10.4. The summed E-state index contributed by atoms with van der Waals surface area (Å²) in [4.78, 5) is 25.4. The van der Waals surface area contributed by atoms with E-state index in [9.17, 15) is 9.59 Å². The van der Waals surface area contributed by atoms with Gasteiger partial charge in [-0.25, -0.2) is 0 Å². The van der Waals surface area contributed by atoms with Gasteiger partial charge in [-0.05, 0) is 61.2 Å². The maximum Gasteiger partial charge on any atom is 0.302 e. The number of hydrogen-bond donors (Lipinski definition) is 0. The van der Waals surface area contributed by atoms with Crippen LogP contribution in [0.15, 0.2) is 0 Å². The minimum atomic E-state index is -0.396. The molecule has 0 saturated heterocycles. The lowest BCUT2D eigenvalue weighted by atomic mass is 9.40. The summed E-state index contributed by atoms with van der Waals surface area (Å²) >= 11 is 0. The minimum Gasteiger partial charge on any atom is -0.461 e. The van der Waals surface area contributed by atoms with Gasteiger partial charge >= 0.3 is 5.97 Å². The van der Waals surface area contributed by atoms with Crippen LogP contribution < -0.4 is 0 Å². The zero-order valence-electron chi connectivity index (χ0n) is 16.6. The maximum atomic E-state index is 13.5. The summed E-state index contributed by atoms with van der Waals surface area (Å²) in [6.45, 7) is 10.9. The highest BCUT2D eigenvalue weighted by Gasteiger charge is 2.72. The van der Waals surface area contributed by atoms with Crippen LogP contribution in [-0.4, -0.2) is 17.9 Å². The molecule has 0 heterocycles. The number of rotatable bonds is 1. The summed E-state index contributed by atoms with van der Waals surface area (Å²) in [7, 11) is 0. The van der Waals surface area contributed by atoms with E-state index in [2.05, 4.69) is 27.7 Å². The van der Waals surface area contributed by atoms with Crippen LogP contribution in [0.3, 0.4) is 0 Å². The molecule has 0 amide bonds. The Bertz CT molecular complexity index is 608. The van der Waals surface area contributed by atoms with E-state index in [-0.39, 0.29) is 29.3 Å². The second-order valence-electron chi connectivity index (χ2n) is 10.5. The van der Waals surface area contributed by atoms with Crippen molar-refractivity contribution < 1.29 is 14.3 Å². The van der Waals surface area contributed by atoms with Gasteiger partial charge in [0.15, 0.2) is 0 Å². The molecule has 0 unspecified atom stereocenters. The monoisotopic (exact) mass is 346 g/mol. The number of esters is 1. The molecule has 0 radical (unpaired) electrons. The molecule has 0 aliphatic heterocycles. The average Bonchev–Trinajstić information content (AvgIpc) is 2.63. The van der Waals surface area contributed by atoms with Crippen LogP contribution in [0.5, 0.6) is 0 Å². The number of fused-ring (bicyclic) bond motifs is 3. The molecule has 1 spiro atoms. The fourth-order valence-electron chi connectivity index (χ4n) is 8.21. The van der Waals surface area contributed by atoms with Gasteiger partial charge in [0.25, 0.3) is 0 Å². The van der Waals surface area contributed by atoms with Gasteiger partial charge in [-0.2, -0.15) is 0 Å². The van der Waals surface area contributed by atoms with Crippen molar-refractivity contribution in [1.29, 1.82) is 0 Å². The smallest absolute Gasteiger partial charge is 0.302 e. The van der Waals surface area contributed by atoms with E-state index in [1.807, 2.05) is 0 Å². The summed E-state index contributed by atoms with van der Waals surface area (Å²) in [5, 5.41) is 0. The van der Waals surface area contributed by atoms with Crippen LogP contribution in [-0.2, 0) is 14.3 Å². The Morgan fingerprint density at radius 1 is 1.04 bits per heavy atom. The molecule has 140 valence electrons. The Morgan fingerprint density at radius 3 is 2.44 bits per heavy atom. The molecule has 25 heavy (non-hydrogen) atoms. The third kappa shape index (κ3) is 2.10. The van der Waals surface area contributed by atoms with Gasteiger partial charge in [0, 0.05) is 18.8 Å². The molecule has 4 aliphatic carbocycles. The molecule has 0 aromatic rings. The summed E-state index contributed by atoms with van der Waals surface area (Å²) < 4.78 is 5.90. The fourth-order valence-corrected chi connectivity index (χ4v) is 8.21. The van der Waals surface area contributed by atoms with Crippen LogP contribution in [0.25, 0.3) is 0 Å². The second kappa shape index (κ2) is 5.33. The van der Waals surface area contributed by atoms with Crippen molar-refractivity contribution >= 4 is 11.8 Å². The van der Waals surface area contributed by atoms with Gasteiger partial charge in [0.05, 0.1) is 5.41 Å². The van der Waals surface area contributed by atoms with Gasteiger partial charge in [0.1, 0.15) is 11.9 Å². The Balaban J connectivity index is 1.81. The van der Waals surface area contributed by atoms with Crippen molar-refractivity contribution in [1.82, 2.24) is 0 Å². The quantitative estimate of drug-likeness (QED) is 0.642. The van der Waals surface area contributed by atoms with Crippen LogP contribution in [0, 0.1) is 39.9 Å². The average molecular weight is 347 g/mol.